The summed E-state index contributed by atoms with van der Waals surface area (Å²) < 4.78 is 5.42. The van der Waals surface area contributed by atoms with Crippen LogP contribution in [0.1, 0.15) is 23.7 Å². The normalized spacial score (nSPS) is 19.0. The molecule has 1 aliphatic heterocycles. The molecule has 0 aromatic heterocycles. The lowest BCUT2D eigenvalue weighted by Crippen LogP contribution is -2.34. The molecule has 21 heavy (non-hydrogen) atoms. The summed E-state index contributed by atoms with van der Waals surface area (Å²) in [7, 11) is 1.50. The first-order valence-corrected chi connectivity index (χ1v) is 6.89. The number of hydrogen-bond acceptors (Lipinski definition) is 5. The topological polar surface area (TPSA) is 84.7 Å². The fourth-order valence-corrected chi connectivity index (χ4v) is 2.45. The van der Waals surface area contributed by atoms with Crippen LogP contribution in [0.2, 0.25) is 0 Å². The van der Waals surface area contributed by atoms with Crippen LogP contribution in [0.15, 0.2) is 18.2 Å². The Kier molecular flexibility index (Phi) is 4.74. The van der Waals surface area contributed by atoms with E-state index in [4.69, 9.17) is 4.74 Å². The van der Waals surface area contributed by atoms with Gasteiger partial charge in [-0.05, 0) is 25.5 Å². The Labute approximate surface area is 123 Å². The molecule has 114 valence electrons. The lowest BCUT2D eigenvalue weighted by Gasteiger charge is -2.28. The Morgan fingerprint density at radius 1 is 1.48 bits per heavy atom. The predicted octanol–water partition coefficient (Wildman–Crippen LogP) is 1.57. The maximum absolute atomic E-state index is 11.6. The predicted molar refractivity (Wildman–Crippen MR) is 78.7 cm³/mol. The molecular formula is C14H19N3O4. The molecule has 1 N–H and O–H groups in total. The van der Waals surface area contributed by atoms with E-state index in [0.717, 1.165) is 6.42 Å². The van der Waals surface area contributed by atoms with Crippen molar-refractivity contribution in [2.75, 3.05) is 31.7 Å². The molecule has 1 aliphatic rings. The van der Waals surface area contributed by atoms with Crippen molar-refractivity contribution in [1.82, 2.24) is 5.32 Å². The summed E-state index contributed by atoms with van der Waals surface area (Å²) in [6.07, 6.45) is 0.814. The van der Waals surface area contributed by atoms with Crippen LogP contribution in [0.25, 0.3) is 0 Å². The van der Waals surface area contributed by atoms with Gasteiger partial charge in [0.1, 0.15) is 5.69 Å². The second-order valence-corrected chi connectivity index (χ2v) is 4.98. The minimum absolute atomic E-state index is 0.0511. The number of hydrogen-bond donors (Lipinski definition) is 1. The van der Waals surface area contributed by atoms with Crippen LogP contribution in [0, 0.1) is 10.1 Å². The van der Waals surface area contributed by atoms with Crippen molar-refractivity contribution in [3.63, 3.8) is 0 Å². The Morgan fingerprint density at radius 3 is 2.90 bits per heavy atom. The van der Waals surface area contributed by atoms with Crippen molar-refractivity contribution < 1.29 is 14.5 Å². The fourth-order valence-electron chi connectivity index (χ4n) is 2.45. The van der Waals surface area contributed by atoms with Gasteiger partial charge >= 0.3 is 0 Å². The summed E-state index contributed by atoms with van der Waals surface area (Å²) in [4.78, 5) is 24.5. The molecule has 1 saturated heterocycles. The second-order valence-electron chi connectivity index (χ2n) is 4.98. The molecule has 1 fully saturated rings. The van der Waals surface area contributed by atoms with Gasteiger partial charge in [-0.3, -0.25) is 14.9 Å². The first-order chi connectivity index (χ1) is 10.0. The number of nitrogens with zero attached hydrogens (tertiary/aromatic N) is 2. The van der Waals surface area contributed by atoms with Gasteiger partial charge in [0.05, 0.1) is 11.5 Å². The second kappa shape index (κ2) is 6.53. The van der Waals surface area contributed by atoms with Gasteiger partial charge in [-0.15, -0.1) is 0 Å². The van der Waals surface area contributed by atoms with Gasteiger partial charge in [-0.1, -0.05) is 0 Å². The van der Waals surface area contributed by atoms with Crippen molar-refractivity contribution in [3.8, 4) is 0 Å². The summed E-state index contributed by atoms with van der Waals surface area (Å²) in [5.41, 5.74) is 0.766. The first-order valence-electron chi connectivity index (χ1n) is 6.89. The fraction of sp³-hybridized carbons (Fsp3) is 0.500. The average molecular weight is 293 g/mol. The van der Waals surface area contributed by atoms with Crippen LogP contribution >= 0.6 is 0 Å². The summed E-state index contributed by atoms with van der Waals surface area (Å²) in [6, 6.07) is 4.73. The van der Waals surface area contributed by atoms with E-state index < -0.39 is 4.92 Å². The van der Waals surface area contributed by atoms with Gasteiger partial charge in [0.25, 0.3) is 11.6 Å². The van der Waals surface area contributed by atoms with Gasteiger partial charge < -0.3 is 15.0 Å². The largest absolute Gasteiger partial charge is 0.380 e. The van der Waals surface area contributed by atoms with E-state index >= 15 is 0 Å². The number of rotatable bonds is 3. The molecule has 0 saturated carbocycles. The zero-order chi connectivity index (χ0) is 15.4. The number of carbonyl (C=O) groups is 1. The van der Waals surface area contributed by atoms with Crippen LogP contribution in [0.5, 0.6) is 0 Å². The monoisotopic (exact) mass is 293 g/mol. The lowest BCUT2D eigenvalue weighted by molar-refractivity contribution is -0.384. The van der Waals surface area contributed by atoms with E-state index in [9.17, 15) is 14.9 Å². The third kappa shape index (κ3) is 3.30. The molecule has 0 radical (unpaired) electrons. The highest BCUT2D eigenvalue weighted by Gasteiger charge is 2.26. The van der Waals surface area contributed by atoms with Gasteiger partial charge in [-0.2, -0.15) is 0 Å². The third-order valence-electron chi connectivity index (χ3n) is 3.66. The van der Waals surface area contributed by atoms with Crippen LogP contribution in [0.4, 0.5) is 11.4 Å². The molecular weight excluding hydrogens is 274 g/mol. The number of benzene rings is 1. The highest BCUT2D eigenvalue weighted by molar-refractivity contribution is 5.95. The van der Waals surface area contributed by atoms with Crippen LogP contribution in [0.3, 0.4) is 0 Å². The molecule has 0 bridgehead atoms. The summed E-state index contributed by atoms with van der Waals surface area (Å²) >= 11 is 0. The summed E-state index contributed by atoms with van der Waals surface area (Å²) in [6.45, 7) is 3.81. The van der Waals surface area contributed by atoms with Crippen molar-refractivity contribution in [1.29, 1.82) is 0 Å². The molecule has 1 aromatic carbocycles. The van der Waals surface area contributed by atoms with Crippen molar-refractivity contribution in [2.24, 2.45) is 0 Å². The minimum Gasteiger partial charge on any atom is -0.380 e. The van der Waals surface area contributed by atoms with Gasteiger partial charge in [0, 0.05) is 37.9 Å². The van der Waals surface area contributed by atoms with Crippen molar-refractivity contribution >= 4 is 17.3 Å². The third-order valence-corrected chi connectivity index (χ3v) is 3.66. The number of ether oxygens (including phenoxy) is 1. The van der Waals surface area contributed by atoms with Gasteiger partial charge in [0.15, 0.2) is 0 Å². The summed E-state index contributed by atoms with van der Waals surface area (Å²) in [5, 5.41) is 13.8. The van der Waals surface area contributed by atoms with Crippen molar-refractivity contribution in [3.05, 3.63) is 33.9 Å². The lowest BCUT2D eigenvalue weighted by atomic mass is 10.1. The quantitative estimate of drug-likeness (QED) is 0.675. The smallest absolute Gasteiger partial charge is 0.293 e. The number of carbonyl (C=O) groups excluding carboxylic acids is 1. The number of amides is 1. The molecule has 1 atom stereocenters. The molecule has 1 amide bonds. The van der Waals surface area contributed by atoms with Crippen LogP contribution in [-0.4, -0.2) is 43.7 Å². The van der Waals surface area contributed by atoms with E-state index in [2.05, 4.69) is 5.32 Å². The SMILES string of the molecule is CNC(=O)c1ccc(N2CCOCCC2C)c([N+](=O)[O-])c1. The first kappa shape index (κ1) is 15.2. The number of nitro benzene ring substituents is 1. The van der Waals surface area contributed by atoms with Gasteiger partial charge in [-0.25, -0.2) is 0 Å². The van der Waals surface area contributed by atoms with E-state index in [0.29, 0.717) is 25.4 Å². The van der Waals surface area contributed by atoms with Crippen molar-refractivity contribution in [2.45, 2.75) is 19.4 Å². The Balaban J connectivity index is 2.42. The molecule has 0 spiro atoms. The van der Waals surface area contributed by atoms with Crippen LogP contribution < -0.4 is 10.2 Å². The molecule has 0 aliphatic carbocycles. The minimum atomic E-state index is -0.444. The molecule has 1 unspecified atom stereocenters. The number of nitrogens with one attached hydrogen (secondary N) is 1. The zero-order valence-electron chi connectivity index (χ0n) is 12.2. The molecule has 2 rings (SSSR count). The Hall–Kier alpha value is -2.15. The van der Waals surface area contributed by atoms with E-state index in [1.165, 1.54) is 13.1 Å². The molecule has 1 aromatic rings. The standard InChI is InChI=1S/C14H19N3O4/c1-10-5-7-21-8-6-16(10)12-4-3-11(14(18)15-2)9-13(12)17(19)20/h3-4,9-10H,5-8H2,1-2H3,(H,15,18). The number of anilines is 1. The molecule has 7 heteroatoms. The maximum atomic E-state index is 11.6. The van der Waals surface area contributed by atoms with Gasteiger partial charge in [0.2, 0.25) is 0 Å². The zero-order valence-corrected chi connectivity index (χ0v) is 12.2. The maximum Gasteiger partial charge on any atom is 0.293 e. The van der Waals surface area contributed by atoms with E-state index in [1.54, 1.807) is 12.1 Å². The highest BCUT2D eigenvalue weighted by atomic mass is 16.6. The molecule has 7 nitrogen and oxygen atoms in total. The number of nitro groups is 1. The highest BCUT2D eigenvalue weighted by Crippen LogP contribution is 2.31. The molecule has 1 heterocycles. The Bertz CT molecular complexity index is 547. The summed E-state index contributed by atoms with van der Waals surface area (Å²) in [5.74, 6) is -0.336. The van der Waals surface area contributed by atoms with E-state index in [1.807, 2.05) is 11.8 Å². The Morgan fingerprint density at radius 2 is 2.24 bits per heavy atom. The van der Waals surface area contributed by atoms with E-state index in [-0.39, 0.29) is 23.2 Å². The van der Waals surface area contributed by atoms with Crippen LogP contribution in [-0.2, 0) is 4.74 Å². The average Bonchev–Trinajstić information content (AvgIpc) is 2.70.